The molecule has 116 valence electrons. The van der Waals surface area contributed by atoms with Crippen LogP contribution in [0.4, 0.5) is 0 Å². The minimum atomic E-state index is -0.822. The van der Waals surface area contributed by atoms with E-state index in [1.165, 1.54) is 10.8 Å². The summed E-state index contributed by atoms with van der Waals surface area (Å²) in [5.74, 6) is -0.768. The molecule has 1 amide bonds. The Morgan fingerprint density at radius 1 is 1.05 bits per heavy atom. The van der Waals surface area contributed by atoms with Crippen LogP contribution in [0.1, 0.15) is 24.8 Å². The maximum Gasteiger partial charge on any atom is 0.303 e. The molecule has 2 rings (SSSR count). The van der Waals surface area contributed by atoms with Gasteiger partial charge in [0.2, 0.25) is 5.91 Å². The van der Waals surface area contributed by atoms with E-state index >= 15 is 0 Å². The topological polar surface area (TPSA) is 57.6 Å². The van der Waals surface area contributed by atoms with Crippen molar-refractivity contribution in [1.29, 1.82) is 0 Å². The van der Waals surface area contributed by atoms with E-state index in [0.29, 0.717) is 25.8 Å². The van der Waals surface area contributed by atoms with E-state index in [-0.39, 0.29) is 12.3 Å². The number of fused-ring (bicyclic) bond motifs is 1. The molecule has 0 aliphatic heterocycles. The Bertz CT molecular complexity index is 666. The van der Waals surface area contributed by atoms with Gasteiger partial charge in [-0.3, -0.25) is 9.59 Å². The zero-order valence-corrected chi connectivity index (χ0v) is 12.8. The average molecular weight is 299 g/mol. The Kier molecular flexibility index (Phi) is 5.53. The van der Waals surface area contributed by atoms with E-state index in [1.54, 1.807) is 11.9 Å². The number of carbonyl (C=O) groups excluding carboxylic acids is 1. The highest BCUT2D eigenvalue weighted by Crippen LogP contribution is 2.16. The van der Waals surface area contributed by atoms with Crippen molar-refractivity contribution in [3.8, 4) is 0 Å². The fraction of sp³-hybridized carbons (Fsp3) is 0.333. The van der Waals surface area contributed by atoms with Gasteiger partial charge >= 0.3 is 5.97 Å². The van der Waals surface area contributed by atoms with E-state index in [4.69, 9.17) is 5.11 Å². The lowest BCUT2D eigenvalue weighted by Gasteiger charge is -2.16. The predicted octanol–water partition coefficient (Wildman–Crippen LogP) is 3.10. The largest absolute Gasteiger partial charge is 0.481 e. The zero-order chi connectivity index (χ0) is 15.9. The molecule has 0 bridgehead atoms. The van der Waals surface area contributed by atoms with Crippen molar-refractivity contribution in [1.82, 2.24) is 4.90 Å². The molecule has 0 saturated heterocycles. The van der Waals surface area contributed by atoms with Crippen molar-refractivity contribution in [3.05, 3.63) is 48.0 Å². The highest BCUT2D eigenvalue weighted by atomic mass is 16.4. The molecule has 2 aromatic rings. The SMILES string of the molecule is CN(CCCC(=O)O)C(=O)CCc1ccc2ccccc2c1. The first-order chi connectivity index (χ1) is 10.6. The molecule has 0 saturated carbocycles. The van der Waals surface area contributed by atoms with Crippen LogP contribution in [0.2, 0.25) is 0 Å². The van der Waals surface area contributed by atoms with Crippen LogP contribution in [-0.2, 0) is 16.0 Å². The van der Waals surface area contributed by atoms with Gasteiger partial charge in [0.25, 0.3) is 0 Å². The summed E-state index contributed by atoms with van der Waals surface area (Å²) < 4.78 is 0. The molecule has 22 heavy (non-hydrogen) atoms. The maximum absolute atomic E-state index is 12.0. The Hall–Kier alpha value is -2.36. The fourth-order valence-corrected chi connectivity index (χ4v) is 2.43. The summed E-state index contributed by atoms with van der Waals surface area (Å²) in [6.07, 6.45) is 1.74. The summed E-state index contributed by atoms with van der Waals surface area (Å²) in [4.78, 5) is 24.1. The van der Waals surface area contributed by atoms with Crippen LogP contribution in [0.3, 0.4) is 0 Å². The third-order valence-corrected chi connectivity index (χ3v) is 3.75. The van der Waals surface area contributed by atoms with E-state index in [9.17, 15) is 9.59 Å². The Labute approximate surface area is 130 Å². The van der Waals surface area contributed by atoms with Gasteiger partial charge in [-0.15, -0.1) is 0 Å². The summed E-state index contributed by atoms with van der Waals surface area (Å²) in [6.45, 7) is 0.489. The third kappa shape index (κ3) is 4.58. The molecule has 0 fully saturated rings. The first-order valence-electron chi connectivity index (χ1n) is 7.49. The number of benzene rings is 2. The molecule has 0 aliphatic carbocycles. The van der Waals surface area contributed by atoms with Gasteiger partial charge in [-0.1, -0.05) is 42.5 Å². The smallest absolute Gasteiger partial charge is 0.303 e. The number of amides is 1. The lowest BCUT2D eigenvalue weighted by atomic mass is 10.0. The van der Waals surface area contributed by atoms with Gasteiger partial charge in [0.15, 0.2) is 0 Å². The van der Waals surface area contributed by atoms with Gasteiger partial charge in [0.05, 0.1) is 0 Å². The van der Waals surface area contributed by atoms with Crippen molar-refractivity contribution in [2.45, 2.75) is 25.7 Å². The van der Waals surface area contributed by atoms with E-state index in [0.717, 1.165) is 5.56 Å². The van der Waals surface area contributed by atoms with Crippen LogP contribution in [0.5, 0.6) is 0 Å². The summed E-state index contributed by atoms with van der Waals surface area (Å²) in [7, 11) is 1.73. The minimum Gasteiger partial charge on any atom is -0.481 e. The maximum atomic E-state index is 12.0. The van der Waals surface area contributed by atoms with Crippen molar-refractivity contribution >= 4 is 22.6 Å². The molecular formula is C18H21NO3. The molecule has 4 nitrogen and oxygen atoms in total. The van der Waals surface area contributed by atoms with Crippen molar-refractivity contribution in [2.24, 2.45) is 0 Å². The van der Waals surface area contributed by atoms with Gasteiger partial charge < -0.3 is 10.0 Å². The molecule has 4 heteroatoms. The second kappa shape index (κ2) is 7.59. The van der Waals surface area contributed by atoms with Gasteiger partial charge in [-0.2, -0.15) is 0 Å². The Morgan fingerprint density at radius 3 is 2.50 bits per heavy atom. The molecule has 0 radical (unpaired) electrons. The average Bonchev–Trinajstić information content (AvgIpc) is 2.51. The number of nitrogens with zero attached hydrogens (tertiary/aromatic N) is 1. The summed E-state index contributed by atoms with van der Waals surface area (Å²) in [5, 5.41) is 11.0. The van der Waals surface area contributed by atoms with E-state index < -0.39 is 5.97 Å². The van der Waals surface area contributed by atoms with Crippen LogP contribution in [-0.4, -0.2) is 35.5 Å². The van der Waals surface area contributed by atoms with Crippen LogP contribution in [0.25, 0.3) is 10.8 Å². The molecule has 1 N–H and O–H groups in total. The van der Waals surface area contributed by atoms with Crippen LogP contribution in [0.15, 0.2) is 42.5 Å². The van der Waals surface area contributed by atoms with E-state index in [2.05, 4.69) is 30.3 Å². The van der Waals surface area contributed by atoms with Crippen LogP contribution in [0, 0.1) is 0 Å². The number of aliphatic carboxylic acids is 1. The second-order valence-electron chi connectivity index (χ2n) is 5.49. The van der Waals surface area contributed by atoms with Gasteiger partial charge in [-0.25, -0.2) is 0 Å². The van der Waals surface area contributed by atoms with Crippen LogP contribution < -0.4 is 0 Å². The van der Waals surface area contributed by atoms with Gasteiger partial charge in [0, 0.05) is 26.4 Å². The lowest BCUT2D eigenvalue weighted by molar-refractivity contribution is -0.138. The fourth-order valence-electron chi connectivity index (χ4n) is 2.43. The highest BCUT2D eigenvalue weighted by molar-refractivity contribution is 5.83. The minimum absolute atomic E-state index is 0.0542. The molecule has 0 unspecified atom stereocenters. The number of aryl methyl sites for hydroxylation is 1. The Balaban J connectivity index is 1.85. The number of hydrogen-bond acceptors (Lipinski definition) is 2. The molecule has 2 aromatic carbocycles. The highest BCUT2D eigenvalue weighted by Gasteiger charge is 2.09. The molecule has 0 aromatic heterocycles. The normalized spacial score (nSPS) is 10.6. The molecule has 0 atom stereocenters. The van der Waals surface area contributed by atoms with Gasteiger partial charge in [0.1, 0.15) is 0 Å². The monoisotopic (exact) mass is 299 g/mol. The number of carboxylic acids is 1. The summed E-state index contributed by atoms with van der Waals surface area (Å²) in [6, 6.07) is 14.4. The molecular weight excluding hydrogens is 278 g/mol. The molecule has 0 heterocycles. The number of carbonyl (C=O) groups is 2. The number of carboxylic acid groups (broad SMARTS) is 1. The van der Waals surface area contributed by atoms with E-state index in [1.807, 2.05) is 12.1 Å². The quantitative estimate of drug-likeness (QED) is 0.854. The van der Waals surface area contributed by atoms with Gasteiger partial charge in [-0.05, 0) is 29.2 Å². The van der Waals surface area contributed by atoms with Crippen molar-refractivity contribution in [2.75, 3.05) is 13.6 Å². The lowest BCUT2D eigenvalue weighted by Crippen LogP contribution is -2.28. The molecule has 0 aliphatic rings. The summed E-state index contributed by atoms with van der Waals surface area (Å²) in [5.41, 5.74) is 1.14. The zero-order valence-electron chi connectivity index (χ0n) is 12.8. The standard InChI is InChI=1S/C18H21NO3/c1-19(12-4-7-18(21)22)17(20)11-9-14-8-10-15-5-2-3-6-16(15)13-14/h2-3,5-6,8,10,13H,4,7,9,11-12H2,1H3,(H,21,22). The first-order valence-corrected chi connectivity index (χ1v) is 7.49. The Morgan fingerprint density at radius 2 is 1.77 bits per heavy atom. The van der Waals surface area contributed by atoms with Crippen molar-refractivity contribution in [3.63, 3.8) is 0 Å². The molecule has 0 spiro atoms. The second-order valence-corrected chi connectivity index (χ2v) is 5.49. The number of rotatable bonds is 7. The summed E-state index contributed by atoms with van der Waals surface area (Å²) >= 11 is 0. The van der Waals surface area contributed by atoms with Crippen LogP contribution >= 0.6 is 0 Å². The number of hydrogen-bond donors (Lipinski definition) is 1. The third-order valence-electron chi connectivity index (χ3n) is 3.75. The first kappa shape index (κ1) is 16.0. The van der Waals surface area contributed by atoms with Crippen molar-refractivity contribution < 1.29 is 14.7 Å². The predicted molar refractivity (Wildman–Crippen MR) is 86.8 cm³/mol.